The van der Waals surface area contributed by atoms with Crippen molar-refractivity contribution >= 4 is 28.6 Å². The van der Waals surface area contributed by atoms with Crippen molar-refractivity contribution in [3.63, 3.8) is 0 Å². The molecule has 1 aromatic heterocycles. The zero-order valence-corrected chi connectivity index (χ0v) is 11.8. The molecule has 106 valence electrons. The van der Waals surface area contributed by atoms with Gasteiger partial charge in [0.25, 0.3) is 0 Å². The summed E-state index contributed by atoms with van der Waals surface area (Å²) >= 11 is 5.85. The van der Waals surface area contributed by atoms with Crippen LogP contribution in [0.25, 0.3) is 11.0 Å². The van der Waals surface area contributed by atoms with Crippen LogP contribution in [0.15, 0.2) is 48.5 Å². The smallest absolute Gasteiger partial charge is 0.314 e. The second-order valence-electron chi connectivity index (χ2n) is 4.86. The summed E-state index contributed by atoms with van der Waals surface area (Å²) in [6.45, 7) is 0. The molecule has 0 amide bonds. The van der Waals surface area contributed by atoms with Crippen LogP contribution in [0.5, 0.6) is 0 Å². The van der Waals surface area contributed by atoms with Gasteiger partial charge in [-0.05, 0) is 36.2 Å². The summed E-state index contributed by atoms with van der Waals surface area (Å²) in [5, 5.41) is 10.1. The third-order valence-corrected chi connectivity index (χ3v) is 3.64. The molecule has 0 saturated heterocycles. The maximum absolute atomic E-state index is 11.6. The van der Waals surface area contributed by atoms with Crippen LogP contribution >= 0.6 is 11.6 Å². The third-order valence-electron chi connectivity index (χ3n) is 3.39. The van der Waals surface area contributed by atoms with Gasteiger partial charge in [0.15, 0.2) is 0 Å². The number of carboxylic acid groups (broad SMARTS) is 1. The molecule has 1 heterocycles. The van der Waals surface area contributed by atoms with Crippen LogP contribution in [0.3, 0.4) is 0 Å². The molecule has 1 unspecified atom stereocenters. The number of aromatic nitrogens is 2. The quantitative estimate of drug-likeness (QED) is 0.773. The predicted octanol–water partition coefficient (Wildman–Crippen LogP) is 3.63. The molecule has 2 N–H and O–H groups in total. The number of H-pyrrole nitrogens is 1. The minimum atomic E-state index is -0.899. The number of rotatable bonds is 4. The lowest BCUT2D eigenvalue weighted by Crippen LogP contribution is -2.16. The first kappa shape index (κ1) is 13.6. The van der Waals surface area contributed by atoms with Gasteiger partial charge in [0.05, 0.1) is 11.0 Å². The van der Waals surface area contributed by atoms with E-state index in [9.17, 15) is 9.90 Å². The average Bonchev–Trinajstić information content (AvgIpc) is 2.89. The van der Waals surface area contributed by atoms with Gasteiger partial charge in [0.2, 0.25) is 0 Å². The van der Waals surface area contributed by atoms with Crippen molar-refractivity contribution in [1.29, 1.82) is 0 Å². The number of nitrogens with one attached hydrogen (secondary N) is 1. The van der Waals surface area contributed by atoms with E-state index in [0.29, 0.717) is 17.3 Å². The van der Waals surface area contributed by atoms with Gasteiger partial charge in [-0.25, -0.2) is 4.98 Å². The van der Waals surface area contributed by atoms with E-state index in [1.807, 2.05) is 36.4 Å². The van der Waals surface area contributed by atoms with E-state index in [0.717, 1.165) is 16.6 Å². The van der Waals surface area contributed by atoms with E-state index >= 15 is 0 Å². The minimum Gasteiger partial charge on any atom is -0.481 e. The summed E-state index contributed by atoms with van der Waals surface area (Å²) in [6, 6.07) is 14.7. The molecular weight excluding hydrogens is 288 g/mol. The Labute approximate surface area is 126 Å². The number of carboxylic acids is 1. The highest BCUT2D eigenvalue weighted by atomic mass is 35.5. The molecule has 5 heteroatoms. The molecule has 0 aliphatic rings. The molecule has 0 radical (unpaired) electrons. The Morgan fingerprint density at radius 2 is 1.90 bits per heavy atom. The van der Waals surface area contributed by atoms with E-state index in [1.54, 1.807) is 12.1 Å². The number of imidazole rings is 1. The number of aromatic amines is 1. The van der Waals surface area contributed by atoms with Crippen LogP contribution in [0.1, 0.15) is 17.3 Å². The zero-order chi connectivity index (χ0) is 14.8. The molecular formula is C16H13ClN2O2. The number of hydrogen-bond donors (Lipinski definition) is 2. The lowest BCUT2D eigenvalue weighted by Gasteiger charge is -2.09. The van der Waals surface area contributed by atoms with Gasteiger partial charge >= 0.3 is 5.97 Å². The first-order valence-corrected chi connectivity index (χ1v) is 6.93. The van der Waals surface area contributed by atoms with Gasteiger partial charge in [-0.3, -0.25) is 4.79 Å². The fourth-order valence-electron chi connectivity index (χ4n) is 2.29. The Balaban J connectivity index is 1.93. The molecule has 1 atom stereocenters. The van der Waals surface area contributed by atoms with Gasteiger partial charge in [-0.2, -0.15) is 0 Å². The highest BCUT2D eigenvalue weighted by Gasteiger charge is 2.23. The van der Waals surface area contributed by atoms with Crippen LogP contribution in [-0.2, 0) is 11.2 Å². The molecule has 4 nitrogen and oxygen atoms in total. The Bertz CT molecular complexity index is 747. The summed E-state index contributed by atoms with van der Waals surface area (Å²) in [7, 11) is 0. The number of nitrogens with zero attached hydrogens (tertiary/aromatic N) is 1. The van der Waals surface area contributed by atoms with Crippen molar-refractivity contribution in [3.8, 4) is 0 Å². The lowest BCUT2D eigenvalue weighted by molar-refractivity contribution is -0.138. The molecule has 0 fully saturated rings. The standard InChI is InChI=1S/C16H13ClN2O2/c17-11-7-5-10(6-8-11)9-12(16(20)21)15-18-13-3-1-2-4-14(13)19-15/h1-8,12H,9H2,(H,18,19)(H,20,21). The van der Waals surface area contributed by atoms with Gasteiger partial charge < -0.3 is 10.1 Å². The minimum absolute atomic E-state index is 0.367. The first-order chi connectivity index (χ1) is 10.1. The van der Waals surface area contributed by atoms with E-state index in [1.165, 1.54) is 0 Å². The second-order valence-corrected chi connectivity index (χ2v) is 5.30. The van der Waals surface area contributed by atoms with Crippen molar-refractivity contribution in [2.24, 2.45) is 0 Å². The van der Waals surface area contributed by atoms with Gasteiger partial charge in [0, 0.05) is 5.02 Å². The predicted molar refractivity (Wildman–Crippen MR) is 81.6 cm³/mol. The monoisotopic (exact) mass is 300 g/mol. The first-order valence-electron chi connectivity index (χ1n) is 6.55. The zero-order valence-electron chi connectivity index (χ0n) is 11.1. The van der Waals surface area contributed by atoms with Crippen LogP contribution < -0.4 is 0 Å². The van der Waals surface area contributed by atoms with Crippen molar-refractivity contribution in [1.82, 2.24) is 9.97 Å². The van der Waals surface area contributed by atoms with Crippen molar-refractivity contribution in [3.05, 3.63) is 64.9 Å². The molecule has 21 heavy (non-hydrogen) atoms. The van der Waals surface area contributed by atoms with Gasteiger partial charge in [0.1, 0.15) is 11.7 Å². The van der Waals surface area contributed by atoms with Crippen molar-refractivity contribution in [2.75, 3.05) is 0 Å². The van der Waals surface area contributed by atoms with Crippen molar-refractivity contribution < 1.29 is 9.90 Å². The van der Waals surface area contributed by atoms with E-state index < -0.39 is 11.9 Å². The maximum atomic E-state index is 11.6. The largest absolute Gasteiger partial charge is 0.481 e. The fraction of sp³-hybridized carbons (Fsp3) is 0.125. The Morgan fingerprint density at radius 1 is 1.19 bits per heavy atom. The summed E-state index contributed by atoms with van der Waals surface area (Å²) in [5.74, 6) is -1.14. The molecule has 3 rings (SSSR count). The number of para-hydroxylation sites is 2. The summed E-state index contributed by atoms with van der Waals surface area (Å²) in [4.78, 5) is 19.0. The Kier molecular flexibility index (Phi) is 3.62. The number of hydrogen-bond acceptors (Lipinski definition) is 2. The highest BCUT2D eigenvalue weighted by Crippen LogP contribution is 2.22. The number of fused-ring (bicyclic) bond motifs is 1. The number of carbonyl (C=O) groups is 1. The van der Waals surface area contributed by atoms with Crippen LogP contribution in [-0.4, -0.2) is 21.0 Å². The van der Waals surface area contributed by atoms with Crippen LogP contribution in [0, 0.1) is 0 Å². The molecule has 0 aliphatic carbocycles. The van der Waals surface area contributed by atoms with Crippen LogP contribution in [0.4, 0.5) is 0 Å². The van der Waals surface area contributed by atoms with Gasteiger partial charge in [-0.1, -0.05) is 35.9 Å². The topological polar surface area (TPSA) is 66.0 Å². The maximum Gasteiger partial charge on any atom is 0.314 e. The molecule has 3 aromatic rings. The van der Waals surface area contributed by atoms with E-state index in [-0.39, 0.29) is 0 Å². The van der Waals surface area contributed by atoms with Crippen molar-refractivity contribution in [2.45, 2.75) is 12.3 Å². The lowest BCUT2D eigenvalue weighted by atomic mass is 9.99. The second kappa shape index (κ2) is 5.58. The number of aliphatic carboxylic acids is 1. The Morgan fingerprint density at radius 3 is 2.57 bits per heavy atom. The number of halogens is 1. The van der Waals surface area contributed by atoms with E-state index in [4.69, 9.17) is 11.6 Å². The molecule has 0 saturated carbocycles. The summed E-state index contributed by atoms with van der Waals surface area (Å²) in [5.41, 5.74) is 2.52. The van der Waals surface area contributed by atoms with Crippen LogP contribution in [0.2, 0.25) is 5.02 Å². The normalized spacial score (nSPS) is 12.4. The number of benzene rings is 2. The SMILES string of the molecule is O=C(O)C(Cc1ccc(Cl)cc1)c1nc2ccccc2[nH]1. The molecule has 2 aromatic carbocycles. The van der Waals surface area contributed by atoms with E-state index in [2.05, 4.69) is 9.97 Å². The average molecular weight is 301 g/mol. The molecule has 0 aliphatic heterocycles. The third kappa shape index (κ3) is 2.90. The van der Waals surface area contributed by atoms with Gasteiger partial charge in [-0.15, -0.1) is 0 Å². The fourth-order valence-corrected chi connectivity index (χ4v) is 2.42. The summed E-state index contributed by atoms with van der Waals surface area (Å²) < 4.78 is 0. The Hall–Kier alpha value is -2.33. The molecule has 0 spiro atoms. The highest BCUT2D eigenvalue weighted by molar-refractivity contribution is 6.30. The molecule has 0 bridgehead atoms. The summed E-state index contributed by atoms with van der Waals surface area (Å²) in [6.07, 6.45) is 0.367.